The van der Waals surface area contributed by atoms with E-state index >= 15 is 0 Å². The number of nitrogens with two attached hydrogens (primary N) is 1. The highest BCUT2D eigenvalue weighted by atomic mass is 35.5. The van der Waals surface area contributed by atoms with Crippen LogP contribution in [0.2, 0.25) is 5.02 Å². The molecule has 12 heteroatoms. The number of carbonyl (C=O) groups excluding carboxylic acids is 1. The van der Waals surface area contributed by atoms with Gasteiger partial charge in [-0.3, -0.25) is 9.79 Å². The fraction of sp³-hybridized carbons (Fsp3) is 0.200. The highest BCUT2D eigenvalue weighted by molar-refractivity contribution is 6.30. The average Bonchev–Trinajstić information content (AvgIpc) is 3.17. The SMILES string of the molecule is CC1(c2cc(NC(=O)c3ccc(Cl)c(F)n3)ccc2C(F)(F)F)Cn2ccnc2C(N)=N1. The first-order valence-corrected chi connectivity index (χ1v) is 9.58. The van der Waals surface area contributed by atoms with Crippen LogP contribution in [0.4, 0.5) is 23.2 Å². The number of nitrogens with one attached hydrogen (secondary N) is 1. The molecule has 7 nitrogen and oxygen atoms in total. The van der Waals surface area contributed by atoms with E-state index in [-0.39, 0.29) is 34.3 Å². The number of pyridine rings is 1. The number of aromatic nitrogens is 3. The fourth-order valence-corrected chi connectivity index (χ4v) is 3.66. The normalized spacial score (nSPS) is 18.1. The van der Waals surface area contributed by atoms with Gasteiger partial charge in [0.15, 0.2) is 11.7 Å². The Labute approximate surface area is 183 Å². The van der Waals surface area contributed by atoms with Gasteiger partial charge in [0.1, 0.15) is 11.2 Å². The highest BCUT2D eigenvalue weighted by Gasteiger charge is 2.42. The van der Waals surface area contributed by atoms with Gasteiger partial charge in [0, 0.05) is 18.1 Å². The molecule has 0 saturated heterocycles. The molecule has 1 aliphatic heterocycles. The second-order valence-corrected chi connectivity index (χ2v) is 7.74. The summed E-state index contributed by atoms with van der Waals surface area (Å²) in [5.41, 5.74) is 3.19. The van der Waals surface area contributed by atoms with E-state index in [4.69, 9.17) is 17.3 Å². The zero-order valence-corrected chi connectivity index (χ0v) is 17.2. The largest absolute Gasteiger partial charge is 0.416 e. The number of nitrogens with zero attached hydrogens (tertiary/aromatic N) is 4. The molecule has 1 amide bonds. The van der Waals surface area contributed by atoms with Crippen molar-refractivity contribution in [2.24, 2.45) is 10.7 Å². The number of alkyl halides is 3. The van der Waals surface area contributed by atoms with Gasteiger partial charge in [-0.2, -0.15) is 17.6 Å². The molecule has 0 bridgehead atoms. The molecule has 0 saturated carbocycles. The molecule has 3 N–H and O–H groups in total. The van der Waals surface area contributed by atoms with Crippen LogP contribution in [0.1, 0.15) is 34.4 Å². The van der Waals surface area contributed by atoms with Crippen molar-refractivity contribution in [2.45, 2.75) is 25.2 Å². The Balaban J connectivity index is 1.75. The predicted octanol–water partition coefficient (Wildman–Crippen LogP) is 3.98. The van der Waals surface area contributed by atoms with Crippen molar-refractivity contribution in [3.05, 3.63) is 76.3 Å². The van der Waals surface area contributed by atoms with Gasteiger partial charge in [-0.25, -0.2) is 9.97 Å². The van der Waals surface area contributed by atoms with E-state index in [1.54, 1.807) is 10.8 Å². The summed E-state index contributed by atoms with van der Waals surface area (Å²) in [6, 6.07) is 5.46. The topological polar surface area (TPSA) is 98.2 Å². The molecule has 166 valence electrons. The maximum absolute atomic E-state index is 13.8. The van der Waals surface area contributed by atoms with Gasteiger partial charge in [0.2, 0.25) is 5.95 Å². The number of benzene rings is 1. The lowest BCUT2D eigenvalue weighted by molar-refractivity contribution is -0.138. The minimum absolute atomic E-state index is 0.00727. The van der Waals surface area contributed by atoms with Crippen LogP contribution in [-0.4, -0.2) is 26.3 Å². The van der Waals surface area contributed by atoms with E-state index in [9.17, 15) is 22.4 Å². The minimum Gasteiger partial charge on any atom is -0.381 e. The standard InChI is InChI=1S/C20H15ClF4N6O/c1-19(9-31-7-6-27-17(31)16(26)30-19)12-8-10(2-3-11(12)20(23,24)25)28-18(32)14-5-4-13(21)15(22)29-14/h2-8H,9H2,1H3,(H2,26,30)(H,28,32). The Bertz CT molecular complexity index is 1260. The number of halogens is 5. The molecular formula is C20H15ClF4N6O. The van der Waals surface area contributed by atoms with Crippen molar-refractivity contribution >= 4 is 29.0 Å². The predicted molar refractivity (Wildman–Crippen MR) is 109 cm³/mol. The maximum atomic E-state index is 13.8. The molecule has 0 spiro atoms. The molecular weight excluding hydrogens is 452 g/mol. The molecule has 1 aliphatic rings. The molecule has 1 unspecified atom stereocenters. The zero-order chi connectivity index (χ0) is 23.3. The third kappa shape index (κ3) is 3.91. The first kappa shape index (κ1) is 21.8. The highest BCUT2D eigenvalue weighted by Crippen LogP contribution is 2.41. The van der Waals surface area contributed by atoms with Crippen molar-refractivity contribution in [1.82, 2.24) is 14.5 Å². The van der Waals surface area contributed by atoms with Crippen LogP contribution in [0.3, 0.4) is 0 Å². The van der Waals surface area contributed by atoms with Gasteiger partial charge in [0.25, 0.3) is 5.91 Å². The van der Waals surface area contributed by atoms with E-state index in [0.717, 1.165) is 18.2 Å². The first-order valence-electron chi connectivity index (χ1n) is 9.20. The number of amidine groups is 1. The van der Waals surface area contributed by atoms with Crippen LogP contribution < -0.4 is 11.1 Å². The number of rotatable bonds is 3. The molecule has 1 atom stereocenters. The van der Waals surface area contributed by atoms with E-state index < -0.39 is 29.1 Å². The monoisotopic (exact) mass is 466 g/mol. The Morgan fingerprint density at radius 1 is 1.28 bits per heavy atom. The number of fused-ring (bicyclic) bond motifs is 1. The maximum Gasteiger partial charge on any atom is 0.416 e. The van der Waals surface area contributed by atoms with Crippen LogP contribution in [0.25, 0.3) is 0 Å². The quantitative estimate of drug-likeness (QED) is 0.450. The summed E-state index contributed by atoms with van der Waals surface area (Å²) < 4.78 is 56.6. The van der Waals surface area contributed by atoms with Crippen molar-refractivity contribution in [2.75, 3.05) is 5.32 Å². The van der Waals surface area contributed by atoms with E-state index in [1.165, 1.54) is 25.3 Å². The summed E-state index contributed by atoms with van der Waals surface area (Å²) >= 11 is 5.56. The first-order chi connectivity index (χ1) is 15.0. The van der Waals surface area contributed by atoms with Crippen LogP contribution in [-0.2, 0) is 18.3 Å². The summed E-state index contributed by atoms with van der Waals surface area (Å²) in [4.78, 5) is 24.2. The molecule has 32 heavy (non-hydrogen) atoms. The Morgan fingerprint density at radius 2 is 2.03 bits per heavy atom. The summed E-state index contributed by atoms with van der Waals surface area (Å²) in [7, 11) is 0. The summed E-state index contributed by atoms with van der Waals surface area (Å²) in [6.07, 6.45) is -1.61. The van der Waals surface area contributed by atoms with Crippen molar-refractivity contribution in [1.29, 1.82) is 0 Å². The van der Waals surface area contributed by atoms with Gasteiger partial charge >= 0.3 is 6.18 Å². The van der Waals surface area contributed by atoms with Crippen LogP contribution >= 0.6 is 11.6 Å². The summed E-state index contributed by atoms with van der Waals surface area (Å²) in [6.45, 7) is 1.56. The molecule has 0 aliphatic carbocycles. The van der Waals surface area contributed by atoms with Gasteiger partial charge in [-0.15, -0.1) is 0 Å². The number of anilines is 1. The van der Waals surface area contributed by atoms with Gasteiger partial charge in [-0.05, 0) is 42.8 Å². The number of amides is 1. The number of hydrogen-bond donors (Lipinski definition) is 2. The lowest BCUT2D eigenvalue weighted by Gasteiger charge is -2.33. The molecule has 2 aromatic heterocycles. The minimum atomic E-state index is -4.68. The second kappa shape index (κ2) is 7.59. The van der Waals surface area contributed by atoms with Crippen LogP contribution in [0.5, 0.6) is 0 Å². The van der Waals surface area contributed by atoms with Gasteiger partial charge in [-0.1, -0.05) is 11.6 Å². The van der Waals surface area contributed by atoms with Crippen molar-refractivity contribution < 1.29 is 22.4 Å². The fourth-order valence-electron chi connectivity index (χ4n) is 3.55. The van der Waals surface area contributed by atoms with Crippen molar-refractivity contribution in [3.8, 4) is 0 Å². The molecule has 4 rings (SSSR count). The Hall–Kier alpha value is -3.47. The summed E-state index contributed by atoms with van der Waals surface area (Å²) in [5.74, 6) is -1.51. The molecule has 0 radical (unpaired) electrons. The second-order valence-electron chi connectivity index (χ2n) is 7.33. The number of carbonyl (C=O) groups is 1. The summed E-state index contributed by atoms with van der Waals surface area (Å²) in [5, 5.41) is 2.16. The third-order valence-electron chi connectivity index (χ3n) is 4.99. The van der Waals surface area contributed by atoms with Crippen LogP contribution in [0, 0.1) is 5.95 Å². The molecule has 0 fully saturated rings. The third-order valence-corrected chi connectivity index (χ3v) is 5.27. The smallest absolute Gasteiger partial charge is 0.381 e. The van der Waals surface area contributed by atoms with Crippen molar-refractivity contribution in [3.63, 3.8) is 0 Å². The van der Waals surface area contributed by atoms with Gasteiger partial charge < -0.3 is 15.6 Å². The van der Waals surface area contributed by atoms with E-state index in [1.807, 2.05) is 0 Å². The number of hydrogen-bond acceptors (Lipinski definition) is 5. The lowest BCUT2D eigenvalue weighted by Crippen LogP contribution is -2.38. The number of imidazole rings is 1. The molecule has 3 heterocycles. The Kier molecular flexibility index (Phi) is 5.16. The average molecular weight is 467 g/mol. The van der Waals surface area contributed by atoms with E-state index in [2.05, 4.69) is 20.3 Å². The van der Waals surface area contributed by atoms with Gasteiger partial charge in [0.05, 0.1) is 17.1 Å². The van der Waals surface area contributed by atoms with Crippen LogP contribution in [0.15, 0.2) is 47.7 Å². The number of aliphatic imine (C=N–C) groups is 1. The lowest BCUT2D eigenvalue weighted by atomic mass is 9.86. The molecule has 3 aromatic rings. The molecule has 1 aromatic carbocycles. The zero-order valence-electron chi connectivity index (χ0n) is 16.4. The van der Waals surface area contributed by atoms with E-state index in [0.29, 0.717) is 5.82 Å². The Morgan fingerprint density at radius 3 is 2.72 bits per heavy atom.